The summed E-state index contributed by atoms with van der Waals surface area (Å²) in [7, 11) is 1.75. The zero-order valence-corrected chi connectivity index (χ0v) is 12.2. The molecule has 4 nitrogen and oxygen atoms in total. The molecule has 0 heterocycles. The lowest BCUT2D eigenvalue weighted by molar-refractivity contribution is 1.07. The Bertz CT molecular complexity index is 566. The molecule has 0 aromatic heterocycles. The van der Waals surface area contributed by atoms with Crippen LogP contribution in [0.25, 0.3) is 0 Å². The normalized spacial score (nSPS) is 11.4. The SMILES string of the molecule is CN=C(Cc1ccccc1)N(N)c1ccc(SN)cc1. The highest BCUT2D eigenvalue weighted by Gasteiger charge is 2.10. The summed E-state index contributed by atoms with van der Waals surface area (Å²) in [6.45, 7) is 0. The van der Waals surface area contributed by atoms with Crippen molar-refractivity contribution in [2.24, 2.45) is 16.0 Å². The molecule has 2 aromatic carbocycles. The smallest absolute Gasteiger partial charge is 0.122 e. The van der Waals surface area contributed by atoms with Crippen LogP contribution in [0.3, 0.4) is 0 Å². The number of hydrogen-bond acceptors (Lipinski definition) is 4. The molecule has 5 heteroatoms. The van der Waals surface area contributed by atoms with E-state index >= 15 is 0 Å². The second-order valence-corrected chi connectivity index (χ2v) is 4.99. The molecular formula is C15H18N4S. The van der Waals surface area contributed by atoms with Crippen LogP contribution in [0.4, 0.5) is 5.69 Å². The van der Waals surface area contributed by atoms with E-state index in [1.54, 1.807) is 12.1 Å². The van der Waals surface area contributed by atoms with E-state index in [0.29, 0.717) is 6.42 Å². The van der Waals surface area contributed by atoms with Crippen LogP contribution in [0.2, 0.25) is 0 Å². The first-order chi connectivity index (χ1) is 9.74. The summed E-state index contributed by atoms with van der Waals surface area (Å²) in [4.78, 5) is 5.29. The Morgan fingerprint density at radius 1 is 1.10 bits per heavy atom. The van der Waals surface area contributed by atoms with Crippen molar-refractivity contribution in [2.75, 3.05) is 12.1 Å². The maximum absolute atomic E-state index is 6.15. The third-order valence-electron chi connectivity index (χ3n) is 2.99. The standard InChI is InChI=1S/C15H18N4S/c1-18-15(11-12-5-3-2-4-6-12)19(16)13-7-9-14(20-17)10-8-13/h2-10H,11,16-17H2,1H3. The average molecular weight is 286 g/mol. The molecule has 2 aromatic rings. The Morgan fingerprint density at radius 3 is 2.30 bits per heavy atom. The molecule has 0 saturated heterocycles. The summed E-state index contributed by atoms with van der Waals surface area (Å²) in [6, 6.07) is 17.9. The van der Waals surface area contributed by atoms with Gasteiger partial charge in [0.2, 0.25) is 0 Å². The maximum Gasteiger partial charge on any atom is 0.122 e. The zero-order valence-electron chi connectivity index (χ0n) is 11.4. The summed E-state index contributed by atoms with van der Waals surface area (Å²) in [5.74, 6) is 6.96. The van der Waals surface area contributed by atoms with Crippen LogP contribution in [0, 0.1) is 0 Å². The summed E-state index contributed by atoms with van der Waals surface area (Å²) in [6.07, 6.45) is 0.696. The van der Waals surface area contributed by atoms with Crippen molar-refractivity contribution in [1.82, 2.24) is 0 Å². The van der Waals surface area contributed by atoms with Gasteiger partial charge in [-0.25, -0.2) is 5.84 Å². The molecule has 0 fully saturated rings. The van der Waals surface area contributed by atoms with Gasteiger partial charge in [-0.05, 0) is 41.8 Å². The van der Waals surface area contributed by atoms with Crippen molar-refractivity contribution >= 4 is 23.5 Å². The lowest BCUT2D eigenvalue weighted by Crippen LogP contribution is -2.38. The summed E-state index contributed by atoms with van der Waals surface area (Å²) >= 11 is 1.22. The lowest BCUT2D eigenvalue weighted by Gasteiger charge is -2.21. The van der Waals surface area contributed by atoms with Crippen molar-refractivity contribution in [3.63, 3.8) is 0 Å². The zero-order chi connectivity index (χ0) is 14.4. The third kappa shape index (κ3) is 3.60. The number of hydrazine groups is 1. The minimum absolute atomic E-state index is 0.696. The molecule has 0 aliphatic heterocycles. The fraction of sp³-hybridized carbons (Fsp3) is 0.133. The quantitative estimate of drug-likeness (QED) is 0.298. The first-order valence-corrected chi connectivity index (χ1v) is 7.13. The number of anilines is 1. The highest BCUT2D eigenvalue weighted by Crippen LogP contribution is 2.18. The predicted octanol–water partition coefficient (Wildman–Crippen LogP) is 2.60. The number of hydrogen-bond donors (Lipinski definition) is 2. The molecule has 0 aliphatic rings. The number of nitrogens with zero attached hydrogens (tertiary/aromatic N) is 2. The minimum atomic E-state index is 0.696. The first kappa shape index (κ1) is 14.6. The number of benzene rings is 2. The lowest BCUT2D eigenvalue weighted by atomic mass is 10.1. The molecule has 0 radical (unpaired) electrons. The first-order valence-electron chi connectivity index (χ1n) is 6.26. The second kappa shape index (κ2) is 7.09. The van der Waals surface area contributed by atoms with Crippen LogP contribution in [-0.2, 0) is 6.42 Å². The minimum Gasteiger partial charge on any atom is -0.274 e. The van der Waals surface area contributed by atoms with Crippen molar-refractivity contribution in [3.8, 4) is 0 Å². The van der Waals surface area contributed by atoms with Gasteiger partial charge in [0.1, 0.15) is 5.84 Å². The molecule has 0 saturated carbocycles. The Hall–Kier alpha value is -1.82. The number of rotatable bonds is 4. The topological polar surface area (TPSA) is 67.6 Å². The van der Waals surface area contributed by atoms with E-state index in [1.807, 2.05) is 42.5 Å². The monoisotopic (exact) mass is 286 g/mol. The fourth-order valence-electron chi connectivity index (χ4n) is 1.88. The molecule has 20 heavy (non-hydrogen) atoms. The van der Waals surface area contributed by atoms with Gasteiger partial charge in [0.05, 0.1) is 5.69 Å². The number of aliphatic imine (C=N–C) groups is 1. The van der Waals surface area contributed by atoms with E-state index in [2.05, 4.69) is 17.1 Å². The van der Waals surface area contributed by atoms with Gasteiger partial charge in [-0.3, -0.25) is 15.1 Å². The second-order valence-electron chi connectivity index (χ2n) is 4.28. The molecule has 0 atom stereocenters. The maximum atomic E-state index is 6.15. The molecule has 104 valence electrons. The van der Waals surface area contributed by atoms with Gasteiger partial charge >= 0.3 is 0 Å². The van der Waals surface area contributed by atoms with Gasteiger partial charge < -0.3 is 0 Å². The van der Waals surface area contributed by atoms with Crippen molar-refractivity contribution < 1.29 is 0 Å². The molecular weight excluding hydrogens is 268 g/mol. The van der Waals surface area contributed by atoms with Crippen molar-refractivity contribution in [2.45, 2.75) is 11.3 Å². The van der Waals surface area contributed by atoms with Gasteiger partial charge in [0.25, 0.3) is 0 Å². The van der Waals surface area contributed by atoms with E-state index in [4.69, 9.17) is 11.0 Å². The van der Waals surface area contributed by atoms with Gasteiger partial charge in [0, 0.05) is 18.4 Å². The predicted molar refractivity (Wildman–Crippen MR) is 86.7 cm³/mol. The van der Waals surface area contributed by atoms with Crippen molar-refractivity contribution in [1.29, 1.82) is 0 Å². The molecule has 0 aliphatic carbocycles. The molecule has 4 N–H and O–H groups in total. The van der Waals surface area contributed by atoms with Crippen molar-refractivity contribution in [3.05, 3.63) is 60.2 Å². The highest BCUT2D eigenvalue weighted by molar-refractivity contribution is 7.97. The fourth-order valence-corrected chi connectivity index (χ4v) is 2.18. The summed E-state index contributed by atoms with van der Waals surface area (Å²) in [5, 5.41) is 7.12. The van der Waals surface area contributed by atoms with Gasteiger partial charge in [-0.1, -0.05) is 30.3 Å². The van der Waals surface area contributed by atoms with E-state index in [-0.39, 0.29) is 0 Å². The van der Waals surface area contributed by atoms with Gasteiger partial charge in [-0.2, -0.15) is 0 Å². The summed E-state index contributed by atoms with van der Waals surface area (Å²) < 4.78 is 0. The largest absolute Gasteiger partial charge is 0.274 e. The Kier molecular flexibility index (Phi) is 5.17. The van der Waals surface area contributed by atoms with Crippen LogP contribution in [0.5, 0.6) is 0 Å². The highest BCUT2D eigenvalue weighted by atomic mass is 32.2. The van der Waals surface area contributed by atoms with E-state index in [9.17, 15) is 0 Å². The van der Waals surface area contributed by atoms with Gasteiger partial charge in [0.15, 0.2) is 0 Å². The Morgan fingerprint density at radius 2 is 1.75 bits per heavy atom. The van der Waals surface area contributed by atoms with E-state index in [0.717, 1.165) is 16.4 Å². The third-order valence-corrected chi connectivity index (χ3v) is 3.54. The van der Waals surface area contributed by atoms with Gasteiger partial charge in [-0.15, -0.1) is 0 Å². The molecule has 0 spiro atoms. The molecule has 2 rings (SSSR count). The van der Waals surface area contributed by atoms with Crippen LogP contribution in [0.1, 0.15) is 5.56 Å². The molecule has 0 bridgehead atoms. The Labute approximate surface area is 123 Å². The number of nitrogens with two attached hydrogens (primary N) is 2. The Balaban J connectivity index is 2.14. The number of amidine groups is 1. The summed E-state index contributed by atoms with van der Waals surface area (Å²) in [5.41, 5.74) is 2.07. The van der Waals surface area contributed by atoms with E-state index in [1.165, 1.54) is 17.5 Å². The van der Waals surface area contributed by atoms with Crippen LogP contribution < -0.4 is 16.0 Å². The average Bonchev–Trinajstić information content (AvgIpc) is 2.53. The van der Waals surface area contributed by atoms with Crippen LogP contribution in [-0.4, -0.2) is 12.9 Å². The van der Waals surface area contributed by atoms with Crippen LogP contribution in [0.15, 0.2) is 64.5 Å². The molecule has 0 unspecified atom stereocenters. The van der Waals surface area contributed by atoms with Crippen LogP contribution >= 0.6 is 11.9 Å². The molecule has 0 amide bonds. The van der Waals surface area contributed by atoms with E-state index < -0.39 is 0 Å².